The van der Waals surface area contributed by atoms with Crippen LogP contribution < -0.4 is 11.1 Å². The van der Waals surface area contributed by atoms with E-state index >= 15 is 0 Å². The van der Waals surface area contributed by atoms with Gasteiger partial charge >= 0.3 is 0 Å². The summed E-state index contributed by atoms with van der Waals surface area (Å²) in [6.45, 7) is 2.88. The van der Waals surface area contributed by atoms with Gasteiger partial charge in [0.25, 0.3) is 0 Å². The van der Waals surface area contributed by atoms with E-state index in [4.69, 9.17) is 22.4 Å². The normalized spacial score (nSPS) is 12.4. The number of amides is 1. The van der Waals surface area contributed by atoms with Gasteiger partial charge in [-0.3, -0.25) is 9.69 Å². The summed E-state index contributed by atoms with van der Waals surface area (Å²) in [5.41, 5.74) is 6.85. The fourth-order valence-electron chi connectivity index (χ4n) is 1.93. The van der Waals surface area contributed by atoms with E-state index in [-0.39, 0.29) is 18.6 Å². The first kappa shape index (κ1) is 17.8. The molecule has 0 fully saturated rings. The minimum absolute atomic E-state index is 0.103. The predicted molar refractivity (Wildman–Crippen MR) is 87.5 cm³/mol. The molecule has 1 amide bonds. The second kappa shape index (κ2) is 8.87. The zero-order chi connectivity index (χ0) is 15.8. The number of benzene rings is 1. The Bertz CT molecular complexity index is 468. The number of likely N-dealkylation sites (N-methyl/N-ethyl adjacent to an activating group) is 1. The van der Waals surface area contributed by atoms with Crippen molar-refractivity contribution in [1.82, 2.24) is 4.90 Å². The molecule has 0 heterocycles. The average Bonchev–Trinajstić information content (AvgIpc) is 2.45. The molecule has 1 unspecified atom stereocenters. The smallest absolute Gasteiger partial charge is 0.241 e. The maximum atomic E-state index is 12.2. The zero-order valence-corrected chi connectivity index (χ0v) is 13.4. The van der Waals surface area contributed by atoms with Crippen molar-refractivity contribution in [2.24, 2.45) is 0 Å². The molecule has 0 bridgehead atoms. The first-order valence-electron chi connectivity index (χ1n) is 7.12. The van der Waals surface area contributed by atoms with Crippen LogP contribution in [0.4, 0.5) is 11.4 Å². The molecule has 4 N–H and O–H groups in total. The molecule has 1 aromatic carbocycles. The lowest BCUT2D eigenvalue weighted by Gasteiger charge is -2.24. The van der Waals surface area contributed by atoms with Crippen molar-refractivity contribution >= 4 is 28.9 Å². The molecule has 0 radical (unpaired) electrons. The molecular weight excluding hydrogens is 290 g/mol. The van der Waals surface area contributed by atoms with Crippen LogP contribution in [-0.4, -0.2) is 42.2 Å². The third-order valence-corrected chi connectivity index (χ3v) is 3.72. The molecule has 1 rings (SSSR count). The van der Waals surface area contributed by atoms with Crippen molar-refractivity contribution < 1.29 is 9.90 Å². The highest BCUT2D eigenvalue weighted by molar-refractivity contribution is 6.31. The van der Waals surface area contributed by atoms with Crippen molar-refractivity contribution in [1.29, 1.82) is 0 Å². The van der Waals surface area contributed by atoms with Gasteiger partial charge in [0.05, 0.1) is 17.4 Å². The van der Waals surface area contributed by atoms with Crippen molar-refractivity contribution in [2.75, 3.05) is 31.2 Å². The van der Waals surface area contributed by atoms with Gasteiger partial charge in [-0.1, -0.05) is 11.6 Å². The van der Waals surface area contributed by atoms with Gasteiger partial charge in [-0.15, -0.1) is 0 Å². The molecule has 0 aromatic heterocycles. The molecule has 1 aromatic rings. The van der Waals surface area contributed by atoms with Gasteiger partial charge in [-0.2, -0.15) is 0 Å². The first-order valence-corrected chi connectivity index (χ1v) is 7.50. The van der Waals surface area contributed by atoms with Gasteiger partial charge in [0, 0.05) is 11.6 Å². The lowest BCUT2D eigenvalue weighted by atomic mass is 10.2. The van der Waals surface area contributed by atoms with Crippen molar-refractivity contribution in [3.05, 3.63) is 23.2 Å². The Labute approximate surface area is 131 Å². The SMILES string of the molecule is CC(C(=O)Nc1ccc(Cl)cc1N)N(C)CCCCCO. The highest BCUT2D eigenvalue weighted by Crippen LogP contribution is 2.22. The number of hydrogen-bond acceptors (Lipinski definition) is 4. The second-order valence-electron chi connectivity index (χ2n) is 5.16. The lowest BCUT2D eigenvalue weighted by molar-refractivity contribution is -0.120. The maximum absolute atomic E-state index is 12.2. The topological polar surface area (TPSA) is 78.6 Å². The summed E-state index contributed by atoms with van der Waals surface area (Å²) in [4.78, 5) is 14.2. The van der Waals surface area contributed by atoms with E-state index in [0.29, 0.717) is 16.4 Å². The number of nitrogens with one attached hydrogen (secondary N) is 1. The number of hydrogen-bond donors (Lipinski definition) is 3. The summed E-state index contributed by atoms with van der Waals surface area (Å²) in [5, 5.41) is 12.1. The Hall–Kier alpha value is -1.30. The van der Waals surface area contributed by atoms with Crippen LogP contribution in [0.5, 0.6) is 0 Å². The van der Waals surface area contributed by atoms with Gasteiger partial charge in [0.15, 0.2) is 0 Å². The van der Waals surface area contributed by atoms with Crippen LogP contribution in [0.1, 0.15) is 26.2 Å². The highest BCUT2D eigenvalue weighted by Gasteiger charge is 2.18. The molecule has 0 aliphatic rings. The molecular formula is C15H24ClN3O2. The van der Waals surface area contributed by atoms with Crippen molar-refractivity contribution in [3.8, 4) is 0 Å². The van der Waals surface area contributed by atoms with Crippen LogP contribution in [0.25, 0.3) is 0 Å². The summed E-state index contributed by atoms with van der Waals surface area (Å²) in [7, 11) is 1.91. The van der Waals surface area contributed by atoms with Crippen LogP contribution >= 0.6 is 11.6 Å². The molecule has 118 valence electrons. The number of aliphatic hydroxyl groups excluding tert-OH is 1. The van der Waals surface area contributed by atoms with Crippen LogP contribution in [0.15, 0.2) is 18.2 Å². The van der Waals surface area contributed by atoms with Crippen LogP contribution in [0.3, 0.4) is 0 Å². The number of carbonyl (C=O) groups excluding carboxylic acids is 1. The van der Waals surface area contributed by atoms with E-state index in [1.807, 2.05) is 18.9 Å². The van der Waals surface area contributed by atoms with Gasteiger partial charge in [-0.25, -0.2) is 0 Å². The van der Waals surface area contributed by atoms with Crippen LogP contribution in [0.2, 0.25) is 5.02 Å². The Morgan fingerprint density at radius 2 is 2.14 bits per heavy atom. The Balaban J connectivity index is 2.49. The predicted octanol–water partition coefficient (Wildman–Crippen LogP) is 2.34. The highest BCUT2D eigenvalue weighted by atomic mass is 35.5. The summed E-state index contributed by atoms with van der Waals surface area (Å²) in [6.07, 6.45) is 2.72. The number of carbonyl (C=O) groups is 1. The Morgan fingerprint density at radius 3 is 2.76 bits per heavy atom. The molecule has 0 spiro atoms. The summed E-state index contributed by atoms with van der Waals surface area (Å²) in [6, 6.07) is 4.75. The number of anilines is 2. The van der Waals surface area contributed by atoms with Crippen LogP contribution in [-0.2, 0) is 4.79 Å². The Morgan fingerprint density at radius 1 is 1.43 bits per heavy atom. The molecule has 0 aliphatic carbocycles. The molecule has 21 heavy (non-hydrogen) atoms. The number of nitrogen functional groups attached to an aromatic ring is 1. The molecule has 0 saturated carbocycles. The molecule has 6 heteroatoms. The third kappa shape index (κ3) is 5.91. The van der Waals surface area contributed by atoms with Crippen molar-refractivity contribution in [2.45, 2.75) is 32.2 Å². The quantitative estimate of drug-likeness (QED) is 0.508. The monoisotopic (exact) mass is 313 g/mol. The summed E-state index contributed by atoms with van der Waals surface area (Å²) in [5.74, 6) is -0.103. The second-order valence-corrected chi connectivity index (χ2v) is 5.60. The number of aliphatic hydroxyl groups is 1. The zero-order valence-electron chi connectivity index (χ0n) is 12.6. The number of unbranched alkanes of at least 4 members (excludes halogenated alkanes) is 2. The number of nitrogens with two attached hydrogens (primary N) is 1. The Kier molecular flexibility index (Phi) is 7.50. The third-order valence-electron chi connectivity index (χ3n) is 3.48. The van der Waals surface area contributed by atoms with E-state index in [1.54, 1.807) is 18.2 Å². The van der Waals surface area contributed by atoms with E-state index in [0.717, 1.165) is 25.8 Å². The lowest BCUT2D eigenvalue weighted by Crippen LogP contribution is -2.40. The minimum atomic E-state index is -0.255. The maximum Gasteiger partial charge on any atom is 0.241 e. The number of rotatable bonds is 8. The van der Waals surface area contributed by atoms with Crippen molar-refractivity contribution in [3.63, 3.8) is 0 Å². The fourth-order valence-corrected chi connectivity index (χ4v) is 2.11. The summed E-state index contributed by atoms with van der Waals surface area (Å²) < 4.78 is 0. The van der Waals surface area contributed by atoms with Crippen LogP contribution in [0, 0.1) is 0 Å². The first-order chi connectivity index (χ1) is 9.95. The van der Waals surface area contributed by atoms with E-state index in [2.05, 4.69) is 5.32 Å². The molecule has 0 aliphatic heterocycles. The van der Waals surface area contributed by atoms with Gasteiger partial charge < -0.3 is 16.2 Å². The molecule has 5 nitrogen and oxygen atoms in total. The van der Waals surface area contributed by atoms with E-state index in [1.165, 1.54) is 0 Å². The van der Waals surface area contributed by atoms with E-state index in [9.17, 15) is 4.79 Å². The molecule has 1 atom stereocenters. The largest absolute Gasteiger partial charge is 0.397 e. The van der Waals surface area contributed by atoms with Gasteiger partial charge in [0.1, 0.15) is 0 Å². The standard InChI is InChI=1S/C15H24ClN3O2/c1-11(19(2)8-4-3-5-9-20)15(21)18-14-7-6-12(16)10-13(14)17/h6-7,10-11,20H,3-5,8-9,17H2,1-2H3,(H,18,21). The minimum Gasteiger partial charge on any atom is -0.397 e. The fraction of sp³-hybridized carbons (Fsp3) is 0.533. The molecule has 0 saturated heterocycles. The van der Waals surface area contributed by atoms with E-state index < -0.39 is 0 Å². The summed E-state index contributed by atoms with van der Waals surface area (Å²) >= 11 is 5.83. The number of halogens is 1. The van der Waals surface area contributed by atoms with Gasteiger partial charge in [-0.05, 0) is 58.0 Å². The van der Waals surface area contributed by atoms with Gasteiger partial charge in [0.2, 0.25) is 5.91 Å². The average molecular weight is 314 g/mol. The number of nitrogens with zero attached hydrogens (tertiary/aromatic N) is 1.